The van der Waals surface area contributed by atoms with Gasteiger partial charge in [-0.25, -0.2) is 0 Å². The van der Waals surface area contributed by atoms with Crippen molar-refractivity contribution in [2.24, 2.45) is 0 Å². The van der Waals surface area contributed by atoms with E-state index in [4.69, 9.17) is 0 Å². The van der Waals surface area contributed by atoms with E-state index in [1.807, 2.05) is 6.07 Å². The van der Waals surface area contributed by atoms with Gasteiger partial charge in [0.25, 0.3) is 11.8 Å². The predicted molar refractivity (Wildman–Crippen MR) is 75.2 cm³/mol. The molecule has 2 rings (SSSR count). The van der Waals surface area contributed by atoms with Gasteiger partial charge < -0.3 is 5.32 Å². The minimum absolute atomic E-state index is 0.370. The number of para-hydroxylation sites is 1. The van der Waals surface area contributed by atoms with Crippen LogP contribution in [0.15, 0.2) is 48.8 Å². The minimum atomic E-state index is -0.423. The van der Waals surface area contributed by atoms with E-state index in [9.17, 15) is 9.59 Å². The molecule has 0 aliphatic rings. The van der Waals surface area contributed by atoms with Crippen molar-refractivity contribution in [3.63, 3.8) is 0 Å². The normalized spacial score (nSPS) is 9.65. The zero-order chi connectivity index (χ0) is 14.4. The third kappa shape index (κ3) is 3.11. The fourth-order valence-electron chi connectivity index (χ4n) is 1.65. The standard InChI is InChI=1S/C14H14N4O2/c1-15-12-7-3-2-6-11(12)14(20)18-17-13(19)10-5-4-8-16-9-10/h2-9,15H,1H3,(H,17,19)(H,18,20). The molecule has 0 unspecified atom stereocenters. The molecule has 2 aromatic rings. The highest BCUT2D eigenvalue weighted by Gasteiger charge is 2.11. The average Bonchev–Trinajstić information content (AvgIpc) is 2.53. The molecule has 0 saturated carbocycles. The van der Waals surface area contributed by atoms with E-state index >= 15 is 0 Å². The summed E-state index contributed by atoms with van der Waals surface area (Å²) < 4.78 is 0. The van der Waals surface area contributed by atoms with Crippen LogP contribution in [0.25, 0.3) is 0 Å². The Morgan fingerprint density at radius 2 is 1.75 bits per heavy atom. The number of anilines is 1. The second-order valence-electron chi connectivity index (χ2n) is 3.95. The molecule has 1 aromatic carbocycles. The first-order chi connectivity index (χ1) is 9.72. The van der Waals surface area contributed by atoms with Crippen LogP contribution in [0.2, 0.25) is 0 Å². The quantitative estimate of drug-likeness (QED) is 0.732. The highest BCUT2D eigenvalue weighted by atomic mass is 16.2. The van der Waals surface area contributed by atoms with Crippen LogP contribution in [0.3, 0.4) is 0 Å². The maximum atomic E-state index is 12.0. The number of aromatic nitrogens is 1. The van der Waals surface area contributed by atoms with Crippen molar-refractivity contribution in [1.82, 2.24) is 15.8 Å². The number of pyridine rings is 1. The second-order valence-corrected chi connectivity index (χ2v) is 3.95. The minimum Gasteiger partial charge on any atom is -0.387 e. The summed E-state index contributed by atoms with van der Waals surface area (Å²) in [4.78, 5) is 27.6. The lowest BCUT2D eigenvalue weighted by atomic mass is 10.1. The summed E-state index contributed by atoms with van der Waals surface area (Å²) in [5.74, 6) is -0.819. The van der Waals surface area contributed by atoms with Crippen LogP contribution in [0.1, 0.15) is 20.7 Å². The SMILES string of the molecule is CNc1ccccc1C(=O)NNC(=O)c1cccnc1. The van der Waals surface area contributed by atoms with Gasteiger partial charge in [0.05, 0.1) is 11.1 Å². The first-order valence-electron chi connectivity index (χ1n) is 6.00. The summed E-state index contributed by atoms with van der Waals surface area (Å²) in [6.07, 6.45) is 2.99. The van der Waals surface area contributed by atoms with Gasteiger partial charge in [0.1, 0.15) is 0 Å². The lowest BCUT2D eigenvalue weighted by Gasteiger charge is -2.10. The van der Waals surface area contributed by atoms with E-state index in [2.05, 4.69) is 21.2 Å². The lowest BCUT2D eigenvalue weighted by molar-refractivity contribution is 0.0847. The Morgan fingerprint density at radius 3 is 2.45 bits per heavy atom. The van der Waals surface area contributed by atoms with Crippen LogP contribution in [0, 0.1) is 0 Å². The Bertz CT molecular complexity index is 614. The zero-order valence-corrected chi connectivity index (χ0v) is 10.9. The third-order valence-electron chi connectivity index (χ3n) is 2.65. The van der Waals surface area contributed by atoms with Crippen LogP contribution in [0.4, 0.5) is 5.69 Å². The number of carbonyl (C=O) groups is 2. The van der Waals surface area contributed by atoms with Gasteiger partial charge >= 0.3 is 0 Å². The van der Waals surface area contributed by atoms with E-state index in [1.165, 1.54) is 6.20 Å². The van der Waals surface area contributed by atoms with Crippen LogP contribution in [-0.2, 0) is 0 Å². The first-order valence-corrected chi connectivity index (χ1v) is 6.00. The second kappa shape index (κ2) is 6.33. The van der Waals surface area contributed by atoms with Gasteiger partial charge in [-0.15, -0.1) is 0 Å². The fourth-order valence-corrected chi connectivity index (χ4v) is 1.65. The molecule has 3 N–H and O–H groups in total. The summed E-state index contributed by atoms with van der Waals surface area (Å²) in [7, 11) is 1.72. The molecular formula is C14H14N4O2. The Labute approximate surface area is 116 Å². The summed E-state index contributed by atoms with van der Waals surface area (Å²) >= 11 is 0. The molecule has 1 heterocycles. The topological polar surface area (TPSA) is 83.1 Å². The number of hydrogen-bond acceptors (Lipinski definition) is 4. The van der Waals surface area contributed by atoms with Crippen molar-refractivity contribution in [2.45, 2.75) is 0 Å². The Morgan fingerprint density at radius 1 is 1.00 bits per heavy atom. The Kier molecular flexibility index (Phi) is 4.28. The molecule has 0 aliphatic carbocycles. The van der Waals surface area contributed by atoms with Gasteiger partial charge in [-0.1, -0.05) is 12.1 Å². The van der Waals surface area contributed by atoms with E-state index < -0.39 is 11.8 Å². The molecule has 0 bridgehead atoms. The lowest BCUT2D eigenvalue weighted by Crippen LogP contribution is -2.41. The van der Waals surface area contributed by atoms with E-state index in [-0.39, 0.29) is 0 Å². The maximum absolute atomic E-state index is 12.0. The average molecular weight is 270 g/mol. The molecule has 0 radical (unpaired) electrons. The first kappa shape index (κ1) is 13.5. The molecule has 1 aromatic heterocycles. The molecule has 6 nitrogen and oxygen atoms in total. The highest BCUT2D eigenvalue weighted by Crippen LogP contribution is 2.13. The smallest absolute Gasteiger partial charge is 0.271 e. The Balaban J connectivity index is 2.01. The third-order valence-corrected chi connectivity index (χ3v) is 2.65. The van der Waals surface area contributed by atoms with Gasteiger partial charge in [-0.2, -0.15) is 0 Å². The molecule has 20 heavy (non-hydrogen) atoms. The number of rotatable bonds is 3. The summed E-state index contributed by atoms with van der Waals surface area (Å²) in [6.45, 7) is 0. The van der Waals surface area contributed by atoms with Crippen molar-refractivity contribution in [3.05, 3.63) is 59.9 Å². The number of amides is 2. The van der Waals surface area contributed by atoms with Gasteiger partial charge in [0.15, 0.2) is 0 Å². The predicted octanol–water partition coefficient (Wildman–Crippen LogP) is 1.20. The largest absolute Gasteiger partial charge is 0.387 e. The maximum Gasteiger partial charge on any atom is 0.271 e. The van der Waals surface area contributed by atoms with E-state index in [0.717, 1.165) is 0 Å². The van der Waals surface area contributed by atoms with Crippen molar-refractivity contribution >= 4 is 17.5 Å². The monoisotopic (exact) mass is 270 g/mol. The summed E-state index contributed by atoms with van der Waals surface area (Å²) in [6, 6.07) is 10.3. The zero-order valence-electron chi connectivity index (χ0n) is 10.9. The van der Waals surface area contributed by atoms with Crippen LogP contribution >= 0.6 is 0 Å². The van der Waals surface area contributed by atoms with Gasteiger partial charge in [0.2, 0.25) is 0 Å². The molecule has 102 valence electrons. The molecule has 0 atom stereocenters. The molecule has 0 fully saturated rings. The van der Waals surface area contributed by atoms with Gasteiger partial charge in [0, 0.05) is 25.1 Å². The number of hydrazine groups is 1. The van der Waals surface area contributed by atoms with Crippen LogP contribution in [0.5, 0.6) is 0 Å². The van der Waals surface area contributed by atoms with Gasteiger partial charge in [-0.05, 0) is 24.3 Å². The molecule has 0 spiro atoms. The molecule has 0 saturated heterocycles. The van der Waals surface area contributed by atoms with E-state index in [0.29, 0.717) is 16.8 Å². The van der Waals surface area contributed by atoms with Crippen LogP contribution < -0.4 is 16.2 Å². The van der Waals surface area contributed by atoms with E-state index in [1.54, 1.807) is 43.6 Å². The van der Waals surface area contributed by atoms with Crippen LogP contribution in [-0.4, -0.2) is 23.8 Å². The highest BCUT2D eigenvalue weighted by molar-refractivity contribution is 6.02. The van der Waals surface area contributed by atoms with Crippen molar-refractivity contribution in [2.75, 3.05) is 12.4 Å². The number of carbonyl (C=O) groups excluding carboxylic acids is 2. The molecular weight excluding hydrogens is 256 g/mol. The van der Waals surface area contributed by atoms with Gasteiger partial charge in [-0.3, -0.25) is 25.4 Å². The number of nitrogens with one attached hydrogen (secondary N) is 3. The van der Waals surface area contributed by atoms with Crippen molar-refractivity contribution < 1.29 is 9.59 Å². The summed E-state index contributed by atoms with van der Waals surface area (Å²) in [5.41, 5.74) is 6.20. The molecule has 2 amide bonds. The Hall–Kier alpha value is -2.89. The summed E-state index contributed by atoms with van der Waals surface area (Å²) in [5, 5.41) is 2.91. The number of benzene rings is 1. The number of hydrogen-bond donors (Lipinski definition) is 3. The fraction of sp³-hybridized carbons (Fsp3) is 0.0714. The molecule has 0 aliphatic heterocycles. The van der Waals surface area contributed by atoms with Crippen molar-refractivity contribution in [1.29, 1.82) is 0 Å². The molecule has 6 heteroatoms. The number of nitrogens with zero attached hydrogens (tertiary/aromatic N) is 1. The van der Waals surface area contributed by atoms with Crippen molar-refractivity contribution in [3.8, 4) is 0 Å².